The molecule has 0 fully saturated rings. The molecule has 0 aromatic carbocycles. The van der Waals surface area contributed by atoms with Crippen molar-refractivity contribution in [1.29, 1.82) is 0 Å². The van der Waals surface area contributed by atoms with Crippen LogP contribution in [0.5, 0.6) is 0 Å². The van der Waals surface area contributed by atoms with Gasteiger partial charge in [-0.2, -0.15) is 0 Å². The topological polar surface area (TPSA) is 21.3 Å². The summed E-state index contributed by atoms with van der Waals surface area (Å²) in [6.07, 6.45) is 2.79. The van der Waals surface area contributed by atoms with Crippen molar-refractivity contribution in [2.75, 3.05) is 13.2 Å². The maximum Gasteiger partial charge on any atom is 0.0594 e. The van der Waals surface area contributed by atoms with Crippen molar-refractivity contribution in [3.8, 4) is 0 Å². The molecule has 2 heteroatoms. The van der Waals surface area contributed by atoms with Gasteiger partial charge in [-0.15, -0.1) is 0 Å². The van der Waals surface area contributed by atoms with Gasteiger partial charge in [0.05, 0.1) is 12.7 Å². The first-order valence-electron chi connectivity index (χ1n) is 5.34. The second kappa shape index (κ2) is 6.39. The summed E-state index contributed by atoms with van der Waals surface area (Å²) in [7, 11) is 0. The number of hydrogen-bond donors (Lipinski definition) is 1. The average Bonchev–Trinajstić information content (AvgIpc) is 1.98. The van der Waals surface area contributed by atoms with Crippen LogP contribution < -0.4 is 5.32 Å². The van der Waals surface area contributed by atoms with E-state index in [2.05, 4.69) is 39.9 Å². The first-order chi connectivity index (χ1) is 5.98. The number of ether oxygens (including phenoxy) is 1. The van der Waals surface area contributed by atoms with Crippen molar-refractivity contribution < 1.29 is 4.74 Å². The minimum Gasteiger partial charge on any atom is -0.377 e. The van der Waals surface area contributed by atoms with Gasteiger partial charge >= 0.3 is 0 Å². The molecule has 0 amide bonds. The summed E-state index contributed by atoms with van der Waals surface area (Å²) in [5, 5.41) is 3.49. The minimum absolute atomic E-state index is 0.259. The molecule has 0 spiro atoms. The summed E-state index contributed by atoms with van der Waals surface area (Å²) in [5.74, 6) is 0. The van der Waals surface area contributed by atoms with E-state index < -0.39 is 0 Å². The Bertz CT molecular complexity index is 121. The summed E-state index contributed by atoms with van der Waals surface area (Å²) in [4.78, 5) is 0. The largest absolute Gasteiger partial charge is 0.377 e. The molecular formula is C11H25NO. The van der Waals surface area contributed by atoms with Gasteiger partial charge in [0, 0.05) is 12.1 Å². The third-order valence-corrected chi connectivity index (χ3v) is 2.03. The summed E-state index contributed by atoms with van der Waals surface area (Å²) in [6.45, 7) is 12.6. The summed E-state index contributed by atoms with van der Waals surface area (Å²) in [6, 6.07) is 0. The van der Waals surface area contributed by atoms with Gasteiger partial charge < -0.3 is 10.1 Å². The standard InChI is InChI=1S/C11H25NO/c1-6-7-11(4,5)12-8-9-13-10(2)3/h10,12H,6-9H2,1-5H3. The van der Waals surface area contributed by atoms with Crippen LogP contribution in [-0.2, 0) is 4.74 Å². The molecule has 0 aliphatic heterocycles. The van der Waals surface area contributed by atoms with Crippen LogP contribution in [-0.4, -0.2) is 24.8 Å². The van der Waals surface area contributed by atoms with Gasteiger partial charge in [-0.25, -0.2) is 0 Å². The molecule has 0 rings (SSSR count). The lowest BCUT2D eigenvalue weighted by Crippen LogP contribution is -2.41. The van der Waals surface area contributed by atoms with Crippen LogP contribution in [0.2, 0.25) is 0 Å². The third kappa shape index (κ3) is 8.26. The van der Waals surface area contributed by atoms with E-state index in [0.717, 1.165) is 13.2 Å². The van der Waals surface area contributed by atoms with Crippen molar-refractivity contribution >= 4 is 0 Å². The lowest BCUT2D eigenvalue weighted by atomic mass is 9.99. The highest BCUT2D eigenvalue weighted by Crippen LogP contribution is 2.09. The molecule has 80 valence electrons. The number of nitrogens with one attached hydrogen (secondary N) is 1. The Kier molecular flexibility index (Phi) is 6.35. The van der Waals surface area contributed by atoms with E-state index >= 15 is 0 Å². The van der Waals surface area contributed by atoms with E-state index in [4.69, 9.17) is 4.74 Å². The zero-order valence-electron chi connectivity index (χ0n) is 9.81. The molecule has 13 heavy (non-hydrogen) atoms. The highest BCUT2D eigenvalue weighted by molar-refractivity contribution is 4.76. The predicted octanol–water partition coefficient (Wildman–Crippen LogP) is 2.58. The molecule has 0 heterocycles. The van der Waals surface area contributed by atoms with Gasteiger partial charge in [-0.05, 0) is 34.1 Å². The molecule has 0 radical (unpaired) electrons. The second-order valence-corrected chi connectivity index (χ2v) is 4.48. The minimum atomic E-state index is 0.259. The molecule has 0 saturated heterocycles. The van der Waals surface area contributed by atoms with Crippen LogP contribution in [0.25, 0.3) is 0 Å². The van der Waals surface area contributed by atoms with Crippen molar-refractivity contribution in [2.45, 2.75) is 59.1 Å². The molecule has 1 N–H and O–H groups in total. The third-order valence-electron chi connectivity index (χ3n) is 2.03. The predicted molar refractivity (Wildman–Crippen MR) is 58.1 cm³/mol. The quantitative estimate of drug-likeness (QED) is 0.619. The lowest BCUT2D eigenvalue weighted by molar-refractivity contribution is 0.0765. The van der Waals surface area contributed by atoms with Gasteiger partial charge in [0.2, 0.25) is 0 Å². The maximum atomic E-state index is 5.45. The Morgan fingerprint density at radius 1 is 1.31 bits per heavy atom. The van der Waals surface area contributed by atoms with Crippen LogP contribution in [0.15, 0.2) is 0 Å². The highest BCUT2D eigenvalue weighted by atomic mass is 16.5. The normalized spacial score (nSPS) is 12.5. The lowest BCUT2D eigenvalue weighted by Gasteiger charge is -2.26. The van der Waals surface area contributed by atoms with Gasteiger partial charge in [0.1, 0.15) is 0 Å². The second-order valence-electron chi connectivity index (χ2n) is 4.48. The Morgan fingerprint density at radius 2 is 1.92 bits per heavy atom. The molecule has 0 unspecified atom stereocenters. The van der Waals surface area contributed by atoms with Crippen molar-refractivity contribution in [3.63, 3.8) is 0 Å². The Hall–Kier alpha value is -0.0800. The SMILES string of the molecule is CCCC(C)(C)NCCOC(C)C. The number of hydrogen-bond acceptors (Lipinski definition) is 2. The summed E-state index contributed by atoms with van der Waals surface area (Å²) >= 11 is 0. The van der Waals surface area contributed by atoms with Crippen LogP contribution >= 0.6 is 0 Å². The molecule has 0 saturated carbocycles. The zero-order chi connectivity index (χ0) is 10.3. The highest BCUT2D eigenvalue weighted by Gasteiger charge is 2.14. The molecule has 0 aliphatic carbocycles. The molecule has 0 aromatic heterocycles. The van der Waals surface area contributed by atoms with Crippen LogP contribution in [0.3, 0.4) is 0 Å². The fraction of sp³-hybridized carbons (Fsp3) is 1.00. The first kappa shape index (κ1) is 12.9. The van der Waals surface area contributed by atoms with E-state index in [1.54, 1.807) is 0 Å². The Morgan fingerprint density at radius 3 is 2.38 bits per heavy atom. The molecule has 0 aromatic rings. The van der Waals surface area contributed by atoms with Gasteiger partial charge in [0.25, 0.3) is 0 Å². The average molecular weight is 187 g/mol. The summed E-state index contributed by atoms with van der Waals surface area (Å²) < 4.78 is 5.45. The van der Waals surface area contributed by atoms with E-state index in [1.807, 2.05) is 0 Å². The zero-order valence-corrected chi connectivity index (χ0v) is 9.81. The van der Waals surface area contributed by atoms with Crippen LogP contribution in [0.1, 0.15) is 47.5 Å². The fourth-order valence-electron chi connectivity index (χ4n) is 1.40. The summed E-state index contributed by atoms with van der Waals surface area (Å²) in [5.41, 5.74) is 0.259. The molecule has 2 nitrogen and oxygen atoms in total. The van der Waals surface area contributed by atoms with E-state index in [0.29, 0.717) is 6.10 Å². The van der Waals surface area contributed by atoms with E-state index in [-0.39, 0.29) is 5.54 Å². The van der Waals surface area contributed by atoms with E-state index in [1.165, 1.54) is 12.8 Å². The van der Waals surface area contributed by atoms with Crippen molar-refractivity contribution in [1.82, 2.24) is 5.32 Å². The van der Waals surface area contributed by atoms with Crippen molar-refractivity contribution in [2.24, 2.45) is 0 Å². The van der Waals surface area contributed by atoms with Crippen molar-refractivity contribution in [3.05, 3.63) is 0 Å². The molecule has 0 bridgehead atoms. The Balaban J connectivity index is 3.40. The molecule has 0 aliphatic rings. The number of rotatable bonds is 7. The molecular weight excluding hydrogens is 162 g/mol. The molecule has 0 atom stereocenters. The maximum absolute atomic E-state index is 5.45. The Labute approximate surface area is 83.1 Å². The first-order valence-corrected chi connectivity index (χ1v) is 5.34. The monoisotopic (exact) mass is 187 g/mol. The van der Waals surface area contributed by atoms with Crippen LogP contribution in [0, 0.1) is 0 Å². The fourth-order valence-corrected chi connectivity index (χ4v) is 1.40. The van der Waals surface area contributed by atoms with Gasteiger partial charge in [-0.1, -0.05) is 13.3 Å². The smallest absolute Gasteiger partial charge is 0.0594 e. The van der Waals surface area contributed by atoms with E-state index in [9.17, 15) is 0 Å². The van der Waals surface area contributed by atoms with Gasteiger partial charge in [0.15, 0.2) is 0 Å². The van der Waals surface area contributed by atoms with Crippen LogP contribution in [0.4, 0.5) is 0 Å². The van der Waals surface area contributed by atoms with Gasteiger partial charge in [-0.3, -0.25) is 0 Å².